The van der Waals surface area contributed by atoms with Crippen molar-refractivity contribution in [2.24, 2.45) is 5.41 Å². The molecule has 0 radical (unpaired) electrons. The SMILES string of the molecule is CCCCCC(O)C(CC)(CC)C(=O)CC. The molecule has 16 heavy (non-hydrogen) atoms. The van der Waals surface area contributed by atoms with Crippen molar-refractivity contribution in [2.75, 3.05) is 0 Å². The largest absolute Gasteiger partial charge is 0.392 e. The quantitative estimate of drug-likeness (QED) is 0.611. The van der Waals surface area contributed by atoms with Gasteiger partial charge in [-0.05, 0) is 19.3 Å². The Balaban J connectivity index is 4.55. The van der Waals surface area contributed by atoms with E-state index in [0.29, 0.717) is 6.42 Å². The minimum absolute atomic E-state index is 0.224. The number of Topliss-reactive ketones (excluding diaryl/α,β-unsaturated/α-hetero) is 1. The first-order chi connectivity index (χ1) is 7.58. The maximum Gasteiger partial charge on any atom is 0.141 e. The van der Waals surface area contributed by atoms with Gasteiger partial charge in [0, 0.05) is 6.42 Å². The van der Waals surface area contributed by atoms with Crippen LogP contribution in [-0.4, -0.2) is 17.0 Å². The molecule has 0 aromatic rings. The lowest BCUT2D eigenvalue weighted by Gasteiger charge is -2.35. The van der Waals surface area contributed by atoms with Crippen molar-refractivity contribution < 1.29 is 9.90 Å². The highest BCUT2D eigenvalue weighted by atomic mass is 16.3. The van der Waals surface area contributed by atoms with Crippen LogP contribution in [0.25, 0.3) is 0 Å². The molecule has 0 aliphatic rings. The van der Waals surface area contributed by atoms with Crippen LogP contribution in [0.3, 0.4) is 0 Å². The number of carbonyl (C=O) groups is 1. The average Bonchev–Trinajstić information content (AvgIpc) is 2.31. The molecule has 0 bridgehead atoms. The fraction of sp³-hybridized carbons (Fsp3) is 0.929. The molecule has 96 valence electrons. The maximum atomic E-state index is 12.0. The number of unbranched alkanes of at least 4 members (excludes halogenated alkanes) is 2. The van der Waals surface area contributed by atoms with Crippen LogP contribution in [0.1, 0.15) is 72.6 Å². The summed E-state index contributed by atoms with van der Waals surface area (Å²) in [5.74, 6) is 0.224. The lowest BCUT2D eigenvalue weighted by molar-refractivity contribution is -0.136. The molecule has 0 rings (SSSR count). The second-order valence-corrected chi connectivity index (χ2v) is 4.65. The summed E-state index contributed by atoms with van der Waals surface area (Å²) in [5, 5.41) is 10.3. The standard InChI is InChI=1S/C14H28O2/c1-5-9-10-11-13(16)14(7-3,8-4)12(15)6-2/h13,16H,5-11H2,1-4H3. The predicted octanol–water partition coefficient (Wildman–Crippen LogP) is 3.71. The van der Waals surface area contributed by atoms with E-state index in [4.69, 9.17) is 0 Å². The van der Waals surface area contributed by atoms with Crippen LogP contribution in [0.2, 0.25) is 0 Å². The molecular weight excluding hydrogens is 200 g/mol. The summed E-state index contributed by atoms with van der Waals surface area (Å²) in [6.45, 7) is 8.07. The van der Waals surface area contributed by atoms with Gasteiger partial charge in [0.25, 0.3) is 0 Å². The molecule has 0 aromatic carbocycles. The first kappa shape index (κ1) is 15.6. The third-order valence-corrected chi connectivity index (χ3v) is 3.86. The third kappa shape index (κ3) is 3.58. The summed E-state index contributed by atoms with van der Waals surface area (Å²) < 4.78 is 0. The van der Waals surface area contributed by atoms with Gasteiger partial charge in [0.15, 0.2) is 0 Å². The van der Waals surface area contributed by atoms with Crippen LogP contribution >= 0.6 is 0 Å². The second kappa shape index (κ2) is 7.83. The lowest BCUT2D eigenvalue weighted by Crippen LogP contribution is -2.41. The van der Waals surface area contributed by atoms with Crippen LogP contribution in [0.15, 0.2) is 0 Å². The van der Waals surface area contributed by atoms with Gasteiger partial charge < -0.3 is 5.11 Å². The van der Waals surface area contributed by atoms with Crippen LogP contribution in [0, 0.1) is 5.41 Å². The van der Waals surface area contributed by atoms with Crippen molar-refractivity contribution >= 4 is 5.78 Å². The zero-order valence-electron chi connectivity index (χ0n) is 11.4. The molecule has 0 aliphatic heterocycles. The van der Waals surface area contributed by atoms with E-state index in [9.17, 15) is 9.90 Å². The van der Waals surface area contributed by atoms with Gasteiger partial charge >= 0.3 is 0 Å². The van der Waals surface area contributed by atoms with E-state index < -0.39 is 11.5 Å². The van der Waals surface area contributed by atoms with Crippen LogP contribution in [0.4, 0.5) is 0 Å². The van der Waals surface area contributed by atoms with Gasteiger partial charge in [-0.1, -0.05) is 47.0 Å². The smallest absolute Gasteiger partial charge is 0.141 e. The van der Waals surface area contributed by atoms with Crippen molar-refractivity contribution in [2.45, 2.75) is 78.7 Å². The van der Waals surface area contributed by atoms with E-state index in [1.165, 1.54) is 0 Å². The summed E-state index contributed by atoms with van der Waals surface area (Å²) in [7, 11) is 0. The molecule has 1 atom stereocenters. The lowest BCUT2D eigenvalue weighted by atomic mass is 9.71. The first-order valence-corrected chi connectivity index (χ1v) is 6.80. The van der Waals surface area contributed by atoms with Gasteiger partial charge in [-0.25, -0.2) is 0 Å². The summed E-state index contributed by atoms with van der Waals surface area (Å²) in [6, 6.07) is 0. The fourth-order valence-corrected chi connectivity index (χ4v) is 2.52. The number of hydrogen-bond donors (Lipinski definition) is 1. The van der Waals surface area contributed by atoms with E-state index in [1.807, 2.05) is 20.8 Å². The third-order valence-electron chi connectivity index (χ3n) is 3.86. The Bertz CT molecular complexity index is 195. The molecule has 0 aliphatic carbocycles. The Hall–Kier alpha value is -0.370. The van der Waals surface area contributed by atoms with E-state index in [0.717, 1.165) is 38.5 Å². The Morgan fingerprint density at radius 3 is 2.06 bits per heavy atom. The summed E-state index contributed by atoms with van der Waals surface area (Å²) in [6.07, 6.45) is 5.67. The number of carbonyl (C=O) groups excluding carboxylic acids is 1. The minimum atomic E-state index is -0.484. The molecule has 0 saturated carbocycles. The molecule has 0 spiro atoms. The second-order valence-electron chi connectivity index (χ2n) is 4.65. The van der Waals surface area contributed by atoms with E-state index >= 15 is 0 Å². The number of aliphatic hydroxyl groups is 1. The molecule has 2 heteroatoms. The zero-order valence-corrected chi connectivity index (χ0v) is 11.4. The van der Waals surface area contributed by atoms with Crippen molar-refractivity contribution in [1.29, 1.82) is 0 Å². The van der Waals surface area contributed by atoms with Crippen molar-refractivity contribution in [3.05, 3.63) is 0 Å². The molecule has 0 amide bonds. The number of rotatable bonds is 9. The summed E-state index contributed by atoms with van der Waals surface area (Å²) in [5.41, 5.74) is -0.484. The Labute approximate surface area is 100 Å². The maximum absolute atomic E-state index is 12.0. The van der Waals surface area contributed by atoms with Gasteiger partial charge in [-0.15, -0.1) is 0 Å². The normalized spacial score (nSPS) is 13.8. The highest BCUT2D eigenvalue weighted by Gasteiger charge is 2.39. The molecule has 0 heterocycles. The molecule has 0 saturated heterocycles. The van der Waals surface area contributed by atoms with Crippen molar-refractivity contribution in [3.8, 4) is 0 Å². The van der Waals surface area contributed by atoms with Gasteiger partial charge in [0.2, 0.25) is 0 Å². The number of aliphatic hydroxyl groups excluding tert-OH is 1. The first-order valence-electron chi connectivity index (χ1n) is 6.80. The molecule has 0 aromatic heterocycles. The molecular formula is C14H28O2. The molecule has 2 nitrogen and oxygen atoms in total. The van der Waals surface area contributed by atoms with Crippen LogP contribution < -0.4 is 0 Å². The van der Waals surface area contributed by atoms with Crippen LogP contribution in [-0.2, 0) is 4.79 Å². The van der Waals surface area contributed by atoms with E-state index in [1.54, 1.807) is 0 Å². The number of hydrogen-bond acceptors (Lipinski definition) is 2. The van der Waals surface area contributed by atoms with Crippen molar-refractivity contribution in [1.82, 2.24) is 0 Å². The fourth-order valence-electron chi connectivity index (χ4n) is 2.52. The van der Waals surface area contributed by atoms with Crippen molar-refractivity contribution in [3.63, 3.8) is 0 Å². The zero-order chi connectivity index (χ0) is 12.6. The van der Waals surface area contributed by atoms with Gasteiger partial charge in [0.1, 0.15) is 5.78 Å². The highest BCUT2D eigenvalue weighted by Crippen LogP contribution is 2.35. The van der Waals surface area contributed by atoms with E-state index in [-0.39, 0.29) is 5.78 Å². The van der Waals surface area contributed by atoms with Gasteiger partial charge in [-0.2, -0.15) is 0 Å². The highest BCUT2D eigenvalue weighted by molar-refractivity contribution is 5.85. The van der Waals surface area contributed by atoms with Gasteiger partial charge in [-0.3, -0.25) is 4.79 Å². The van der Waals surface area contributed by atoms with Gasteiger partial charge in [0.05, 0.1) is 11.5 Å². The van der Waals surface area contributed by atoms with E-state index in [2.05, 4.69) is 6.92 Å². The Morgan fingerprint density at radius 2 is 1.69 bits per heavy atom. The molecule has 0 fully saturated rings. The Kier molecular flexibility index (Phi) is 7.65. The number of ketones is 1. The summed E-state index contributed by atoms with van der Waals surface area (Å²) in [4.78, 5) is 12.0. The monoisotopic (exact) mass is 228 g/mol. The molecule has 1 N–H and O–H groups in total. The predicted molar refractivity (Wildman–Crippen MR) is 68.5 cm³/mol. The Morgan fingerprint density at radius 1 is 1.12 bits per heavy atom. The average molecular weight is 228 g/mol. The summed E-state index contributed by atoms with van der Waals surface area (Å²) >= 11 is 0. The molecule has 1 unspecified atom stereocenters. The topological polar surface area (TPSA) is 37.3 Å². The minimum Gasteiger partial charge on any atom is -0.392 e. The van der Waals surface area contributed by atoms with Crippen LogP contribution in [0.5, 0.6) is 0 Å².